The minimum Gasteiger partial charge on any atom is -0.324 e. The van der Waals surface area contributed by atoms with Crippen LogP contribution >= 0.6 is 11.6 Å². The van der Waals surface area contributed by atoms with Crippen LogP contribution in [0.25, 0.3) is 0 Å². The van der Waals surface area contributed by atoms with Crippen molar-refractivity contribution >= 4 is 23.2 Å². The lowest BCUT2D eigenvalue weighted by Crippen LogP contribution is -2.40. The Labute approximate surface area is 130 Å². The van der Waals surface area contributed by atoms with Gasteiger partial charge < -0.3 is 5.32 Å². The number of halogens is 1. The highest BCUT2D eigenvalue weighted by Gasteiger charge is 2.43. The normalized spacial score (nSPS) is 34.9. The third-order valence-corrected chi connectivity index (χ3v) is 5.94. The van der Waals surface area contributed by atoms with Crippen molar-refractivity contribution in [1.29, 1.82) is 0 Å². The predicted molar refractivity (Wildman–Crippen MR) is 84.4 cm³/mol. The third kappa shape index (κ3) is 2.27. The van der Waals surface area contributed by atoms with E-state index in [0.29, 0.717) is 11.1 Å². The first-order chi connectivity index (χ1) is 10.1. The highest BCUT2D eigenvalue weighted by atomic mass is 35.5. The summed E-state index contributed by atoms with van der Waals surface area (Å²) in [5.74, 6) is 2.56. The van der Waals surface area contributed by atoms with Crippen molar-refractivity contribution in [1.82, 2.24) is 5.32 Å². The molecule has 3 nitrogen and oxygen atoms in total. The number of hydrogen-bond acceptors (Lipinski definition) is 2. The number of carbonyl (C=O) groups is 1. The molecule has 2 saturated carbocycles. The van der Waals surface area contributed by atoms with E-state index < -0.39 is 0 Å². The van der Waals surface area contributed by atoms with Crippen LogP contribution in [0.2, 0.25) is 5.02 Å². The van der Waals surface area contributed by atoms with Gasteiger partial charge in [0, 0.05) is 22.3 Å². The monoisotopic (exact) mass is 304 g/mol. The number of anilines is 1. The van der Waals surface area contributed by atoms with Crippen LogP contribution < -0.4 is 10.6 Å². The molecule has 1 aromatic rings. The van der Waals surface area contributed by atoms with Crippen LogP contribution in [0.4, 0.5) is 5.69 Å². The maximum absolute atomic E-state index is 12.2. The number of amides is 1. The van der Waals surface area contributed by atoms with Gasteiger partial charge in [-0.1, -0.05) is 18.0 Å². The van der Waals surface area contributed by atoms with E-state index in [4.69, 9.17) is 11.6 Å². The Bertz CT molecular complexity index is 588. The molecule has 0 radical (unpaired) electrons. The first-order valence-electron chi connectivity index (χ1n) is 7.98. The first-order valence-corrected chi connectivity index (χ1v) is 8.36. The smallest absolute Gasteiger partial charge is 0.246 e. The van der Waals surface area contributed by atoms with E-state index in [2.05, 4.69) is 17.6 Å². The summed E-state index contributed by atoms with van der Waals surface area (Å²) in [5, 5.41) is 7.20. The summed E-state index contributed by atoms with van der Waals surface area (Å²) >= 11 is 6.08. The standard InChI is InChI=1S/C17H21ClN2O/c1-9(13-7-10-2-3-11(13)6-10)19-16-14-8-12(18)4-5-15(14)20-17(16)21/h4-5,8-11,13,16,19H,2-3,6-7H2,1H3,(H,20,21). The summed E-state index contributed by atoms with van der Waals surface area (Å²) in [6.45, 7) is 2.24. The summed E-state index contributed by atoms with van der Waals surface area (Å²) in [6, 6.07) is 5.73. The summed E-state index contributed by atoms with van der Waals surface area (Å²) in [6.07, 6.45) is 5.52. The van der Waals surface area contributed by atoms with Gasteiger partial charge in [0.15, 0.2) is 0 Å². The molecule has 4 heteroatoms. The van der Waals surface area contributed by atoms with Crippen molar-refractivity contribution in [3.8, 4) is 0 Å². The van der Waals surface area contributed by atoms with Crippen LogP contribution in [-0.4, -0.2) is 11.9 Å². The summed E-state index contributed by atoms with van der Waals surface area (Å²) in [5.41, 5.74) is 1.88. The molecule has 5 unspecified atom stereocenters. The number of benzene rings is 1. The average molecular weight is 305 g/mol. The topological polar surface area (TPSA) is 41.1 Å². The minimum atomic E-state index is -0.257. The summed E-state index contributed by atoms with van der Waals surface area (Å²) < 4.78 is 0. The van der Waals surface area contributed by atoms with Gasteiger partial charge in [-0.05, 0) is 62.1 Å². The molecule has 1 aliphatic heterocycles. The Balaban J connectivity index is 1.52. The average Bonchev–Trinajstić information content (AvgIpc) is 3.15. The lowest BCUT2D eigenvalue weighted by Gasteiger charge is -2.30. The second kappa shape index (κ2) is 4.99. The molecule has 0 aromatic heterocycles. The second-order valence-electron chi connectivity index (χ2n) is 6.95. The molecule has 0 saturated heterocycles. The van der Waals surface area contributed by atoms with E-state index in [9.17, 15) is 4.79 Å². The predicted octanol–water partition coefficient (Wildman–Crippen LogP) is 3.75. The fraction of sp³-hybridized carbons (Fsp3) is 0.588. The number of carbonyl (C=O) groups excluding carboxylic acids is 1. The van der Waals surface area contributed by atoms with Gasteiger partial charge in [0.25, 0.3) is 0 Å². The summed E-state index contributed by atoms with van der Waals surface area (Å²) in [7, 11) is 0. The van der Waals surface area contributed by atoms with Crippen LogP contribution in [-0.2, 0) is 4.79 Å². The molecule has 1 heterocycles. The van der Waals surface area contributed by atoms with Crippen LogP contribution in [0.15, 0.2) is 18.2 Å². The number of nitrogens with one attached hydrogen (secondary N) is 2. The van der Waals surface area contributed by atoms with Crippen LogP contribution in [0.5, 0.6) is 0 Å². The quantitative estimate of drug-likeness (QED) is 0.893. The zero-order valence-electron chi connectivity index (χ0n) is 12.2. The molecule has 0 spiro atoms. The van der Waals surface area contributed by atoms with E-state index in [-0.39, 0.29) is 11.9 Å². The molecular formula is C17H21ClN2O. The SMILES string of the molecule is CC(NC1C(=O)Nc2ccc(Cl)cc21)C1CC2CCC1C2. The van der Waals surface area contributed by atoms with Gasteiger partial charge in [-0.25, -0.2) is 0 Å². The largest absolute Gasteiger partial charge is 0.324 e. The molecule has 2 fully saturated rings. The first kappa shape index (κ1) is 13.6. The molecule has 2 N–H and O–H groups in total. The Kier molecular flexibility index (Phi) is 3.23. The molecule has 1 amide bonds. The lowest BCUT2D eigenvalue weighted by molar-refractivity contribution is -0.118. The van der Waals surface area contributed by atoms with E-state index >= 15 is 0 Å². The maximum atomic E-state index is 12.2. The molecule has 3 aliphatic rings. The fourth-order valence-electron chi connectivity index (χ4n) is 4.69. The second-order valence-corrected chi connectivity index (χ2v) is 7.38. The van der Waals surface area contributed by atoms with Gasteiger partial charge >= 0.3 is 0 Å². The Hall–Kier alpha value is -1.06. The molecule has 4 rings (SSSR count). The van der Waals surface area contributed by atoms with Crippen molar-refractivity contribution in [2.24, 2.45) is 17.8 Å². The van der Waals surface area contributed by atoms with Crippen LogP contribution in [0.1, 0.15) is 44.2 Å². The molecule has 112 valence electrons. The van der Waals surface area contributed by atoms with Crippen molar-refractivity contribution in [2.75, 3.05) is 5.32 Å². The van der Waals surface area contributed by atoms with Gasteiger partial charge in [0.05, 0.1) is 0 Å². The number of rotatable bonds is 3. The van der Waals surface area contributed by atoms with Crippen LogP contribution in [0, 0.1) is 17.8 Å². The highest BCUT2D eigenvalue weighted by Crippen LogP contribution is 2.50. The summed E-state index contributed by atoms with van der Waals surface area (Å²) in [4.78, 5) is 12.2. The van der Waals surface area contributed by atoms with Crippen molar-refractivity contribution in [3.05, 3.63) is 28.8 Å². The van der Waals surface area contributed by atoms with E-state index in [0.717, 1.165) is 29.0 Å². The van der Waals surface area contributed by atoms with Gasteiger partial charge in [0.2, 0.25) is 5.91 Å². The fourth-order valence-corrected chi connectivity index (χ4v) is 4.87. The van der Waals surface area contributed by atoms with E-state index in [1.807, 2.05) is 18.2 Å². The highest BCUT2D eigenvalue weighted by molar-refractivity contribution is 6.31. The molecule has 21 heavy (non-hydrogen) atoms. The lowest BCUT2D eigenvalue weighted by atomic mass is 9.83. The van der Waals surface area contributed by atoms with Crippen LogP contribution in [0.3, 0.4) is 0 Å². The van der Waals surface area contributed by atoms with E-state index in [1.54, 1.807) is 0 Å². The zero-order chi connectivity index (χ0) is 14.6. The zero-order valence-corrected chi connectivity index (χ0v) is 13.0. The van der Waals surface area contributed by atoms with Gasteiger partial charge in [-0.3, -0.25) is 10.1 Å². The van der Waals surface area contributed by atoms with E-state index in [1.165, 1.54) is 25.7 Å². The molecule has 2 aliphatic carbocycles. The maximum Gasteiger partial charge on any atom is 0.246 e. The van der Waals surface area contributed by atoms with Gasteiger partial charge in [-0.15, -0.1) is 0 Å². The Morgan fingerprint density at radius 1 is 1.33 bits per heavy atom. The number of fused-ring (bicyclic) bond motifs is 3. The number of hydrogen-bond donors (Lipinski definition) is 2. The van der Waals surface area contributed by atoms with Gasteiger partial charge in [-0.2, -0.15) is 0 Å². The molecule has 5 atom stereocenters. The minimum absolute atomic E-state index is 0.0438. The third-order valence-electron chi connectivity index (χ3n) is 5.71. The molecule has 2 bridgehead atoms. The van der Waals surface area contributed by atoms with Crippen molar-refractivity contribution < 1.29 is 4.79 Å². The van der Waals surface area contributed by atoms with Gasteiger partial charge in [0.1, 0.15) is 6.04 Å². The van der Waals surface area contributed by atoms with Crippen molar-refractivity contribution in [2.45, 2.75) is 44.7 Å². The Morgan fingerprint density at radius 3 is 2.90 bits per heavy atom. The molecular weight excluding hydrogens is 284 g/mol. The molecule has 1 aromatic carbocycles. The Morgan fingerprint density at radius 2 is 2.19 bits per heavy atom. The van der Waals surface area contributed by atoms with Crippen molar-refractivity contribution in [3.63, 3.8) is 0 Å².